The van der Waals surface area contributed by atoms with Crippen molar-refractivity contribution in [2.75, 3.05) is 14.2 Å². The number of ether oxygens (including phenoxy) is 1. The number of halogens is 1. The van der Waals surface area contributed by atoms with Crippen molar-refractivity contribution in [3.8, 4) is 5.75 Å². The maximum absolute atomic E-state index is 13.5. The molecule has 0 aromatic heterocycles. The number of rotatable bonds is 5. The normalized spacial score (nSPS) is 18.3. The van der Waals surface area contributed by atoms with Crippen LogP contribution in [0.1, 0.15) is 50.1 Å². The number of benzene rings is 1. The standard InChI is InChI=1S/C16H24FNO/c1-18-15(10-12-6-4-3-5-7-12)14-11-13(17)8-9-16(14)19-2/h8-9,11-12,15,18H,3-7,10H2,1-2H3. The van der Waals surface area contributed by atoms with Crippen LogP contribution in [0.4, 0.5) is 4.39 Å². The third-order valence-electron chi connectivity index (χ3n) is 4.21. The highest BCUT2D eigenvalue weighted by atomic mass is 19.1. The van der Waals surface area contributed by atoms with Crippen LogP contribution in [-0.2, 0) is 0 Å². The molecule has 0 spiro atoms. The van der Waals surface area contributed by atoms with Gasteiger partial charge in [0.15, 0.2) is 0 Å². The van der Waals surface area contributed by atoms with Gasteiger partial charge < -0.3 is 10.1 Å². The third kappa shape index (κ3) is 3.69. The first kappa shape index (κ1) is 14.3. The minimum absolute atomic E-state index is 0.175. The van der Waals surface area contributed by atoms with Gasteiger partial charge in [0, 0.05) is 11.6 Å². The Kier molecular flexibility index (Phi) is 5.20. The van der Waals surface area contributed by atoms with Crippen molar-refractivity contribution in [2.45, 2.75) is 44.6 Å². The van der Waals surface area contributed by atoms with Gasteiger partial charge in [0.1, 0.15) is 11.6 Å². The van der Waals surface area contributed by atoms with Crippen molar-refractivity contribution >= 4 is 0 Å². The van der Waals surface area contributed by atoms with Gasteiger partial charge in [-0.1, -0.05) is 32.1 Å². The number of methoxy groups -OCH3 is 1. The summed E-state index contributed by atoms with van der Waals surface area (Å²) in [6.07, 6.45) is 7.70. The van der Waals surface area contributed by atoms with Gasteiger partial charge in [-0.15, -0.1) is 0 Å². The molecule has 1 atom stereocenters. The van der Waals surface area contributed by atoms with Crippen LogP contribution in [0.5, 0.6) is 5.75 Å². The lowest BCUT2D eigenvalue weighted by Crippen LogP contribution is -2.22. The summed E-state index contributed by atoms with van der Waals surface area (Å²) in [7, 11) is 3.59. The molecule has 0 saturated heterocycles. The van der Waals surface area contributed by atoms with Crippen molar-refractivity contribution < 1.29 is 9.13 Å². The summed E-state index contributed by atoms with van der Waals surface area (Å²) < 4.78 is 18.8. The molecule has 1 N–H and O–H groups in total. The molecule has 1 saturated carbocycles. The van der Waals surface area contributed by atoms with Crippen molar-refractivity contribution in [2.24, 2.45) is 5.92 Å². The van der Waals surface area contributed by atoms with Gasteiger partial charge in [-0.05, 0) is 37.6 Å². The lowest BCUT2D eigenvalue weighted by Gasteiger charge is -2.27. The van der Waals surface area contributed by atoms with Crippen molar-refractivity contribution in [1.82, 2.24) is 5.32 Å². The zero-order valence-corrected chi connectivity index (χ0v) is 11.9. The van der Waals surface area contributed by atoms with Crippen LogP contribution in [0.25, 0.3) is 0 Å². The van der Waals surface area contributed by atoms with E-state index in [1.165, 1.54) is 38.2 Å². The lowest BCUT2D eigenvalue weighted by molar-refractivity contribution is 0.301. The van der Waals surface area contributed by atoms with E-state index in [1.54, 1.807) is 19.2 Å². The molecule has 3 heteroatoms. The quantitative estimate of drug-likeness (QED) is 0.866. The SMILES string of the molecule is CNC(CC1CCCCC1)c1cc(F)ccc1OC. The number of hydrogen-bond donors (Lipinski definition) is 1. The minimum atomic E-state index is -0.195. The summed E-state index contributed by atoms with van der Waals surface area (Å²) in [5.41, 5.74) is 0.940. The molecule has 0 aliphatic heterocycles. The molecule has 1 aromatic carbocycles. The summed E-state index contributed by atoms with van der Waals surface area (Å²) in [6.45, 7) is 0. The number of hydrogen-bond acceptors (Lipinski definition) is 2. The van der Waals surface area contributed by atoms with Crippen LogP contribution >= 0.6 is 0 Å². The fourth-order valence-corrected chi connectivity index (χ4v) is 3.13. The van der Waals surface area contributed by atoms with E-state index in [0.717, 1.165) is 23.7 Å². The largest absolute Gasteiger partial charge is 0.496 e. The topological polar surface area (TPSA) is 21.3 Å². The van der Waals surface area contributed by atoms with Gasteiger partial charge in [-0.3, -0.25) is 0 Å². The fraction of sp³-hybridized carbons (Fsp3) is 0.625. The highest BCUT2D eigenvalue weighted by Crippen LogP contribution is 2.35. The van der Waals surface area contributed by atoms with E-state index in [9.17, 15) is 4.39 Å². The van der Waals surface area contributed by atoms with E-state index in [0.29, 0.717) is 0 Å². The fourth-order valence-electron chi connectivity index (χ4n) is 3.13. The first-order chi connectivity index (χ1) is 9.24. The van der Waals surface area contributed by atoms with Crippen molar-refractivity contribution in [3.05, 3.63) is 29.6 Å². The van der Waals surface area contributed by atoms with Gasteiger partial charge in [0.25, 0.3) is 0 Å². The molecule has 19 heavy (non-hydrogen) atoms. The van der Waals surface area contributed by atoms with E-state index in [-0.39, 0.29) is 11.9 Å². The van der Waals surface area contributed by atoms with E-state index >= 15 is 0 Å². The second-order valence-corrected chi connectivity index (χ2v) is 5.47. The molecule has 1 aromatic rings. The van der Waals surface area contributed by atoms with Gasteiger partial charge in [-0.25, -0.2) is 4.39 Å². The van der Waals surface area contributed by atoms with Crippen LogP contribution in [0.3, 0.4) is 0 Å². The first-order valence-corrected chi connectivity index (χ1v) is 7.25. The van der Waals surface area contributed by atoms with E-state index in [2.05, 4.69) is 5.32 Å². The molecular formula is C16H24FNO. The van der Waals surface area contributed by atoms with Crippen LogP contribution in [-0.4, -0.2) is 14.2 Å². The van der Waals surface area contributed by atoms with Gasteiger partial charge >= 0.3 is 0 Å². The van der Waals surface area contributed by atoms with E-state index in [1.807, 2.05) is 7.05 Å². The Hall–Kier alpha value is -1.09. The molecule has 0 bridgehead atoms. The Balaban J connectivity index is 2.13. The van der Waals surface area contributed by atoms with Gasteiger partial charge in [0.05, 0.1) is 7.11 Å². The molecule has 0 radical (unpaired) electrons. The van der Waals surface area contributed by atoms with Gasteiger partial charge in [-0.2, -0.15) is 0 Å². The predicted octanol–water partition coefficient (Wildman–Crippen LogP) is 4.07. The molecule has 1 aliphatic rings. The highest BCUT2D eigenvalue weighted by molar-refractivity contribution is 5.36. The summed E-state index contributed by atoms with van der Waals surface area (Å²) in [6, 6.07) is 4.95. The Morgan fingerprint density at radius 1 is 1.32 bits per heavy atom. The van der Waals surface area contributed by atoms with Crippen LogP contribution in [0.15, 0.2) is 18.2 Å². The zero-order valence-electron chi connectivity index (χ0n) is 11.9. The monoisotopic (exact) mass is 265 g/mol. The maximum Gasteiger partial charge on any atom is 0.123 e. The van der Waals surface area contributed by atoms with E-state index in [4.69, 9.17) is 4.74 Å². The molecule has 0 amide bonds. The average molecular weight is 265 g/mol. The smallest absolute Gasteiger partial charge is 0.123 e. The molecule has 2 nitrogen and oxygen atoms in total. The van der Waals surface area contributed by atoms with Crippen LogP contribution in [0, 0.1) is 11.7 Å². The van der Waals surface area contributed by atoms with Crippen LogP contribution < -0.4 is 10.1 Å². The molecule has 2 rings (SSSR count). The molecular weight excluding hydrogens is 241 g/mol. The molecule has 1 aliphatic carbocycles. The average Bonchev–Trinajstić information content (AvgIpc) is 2.46. The summed E-state index contributed by atoms with van der Waals surface area (Å²) in [4.78, 5) is 0. The van der Waals surface area contributed by atoms with Crippen molar-refractivity contribution in [1.29, 1.82) is 0 Å². The lowest BCUT2D eigenvalue weighted by atomic mass is 9.83. The maximum atomic E-state index is 13.5. The van der Waals surface area contributed by atoms with Crippen molar-refractivity contribution in [3.63, 3.8) is 0 Å². The molecule has 1 unspecified atom stereocenters. The predicted molar refractivity (Wildman–Crippen MR) is 75.9 cm³/mol. The summed E-state index contributed by atoms with van der Waals surface area (Å²) >= 11 is 0. The third-order valence-corrected chi connectivity index (χ3v) is 4.21. The second kappa shape index (κ2) is 6.90. The zero-order chi connectivity index (χ0) is 13.7. The molecule has 1 fully saturated rings. The molecule has 106 valence electrons. The second-order valence-electron chi connectivity index (χ2n) is 5.47. The Bertz CT molecular complexity index is 402. The summed E-state index contributed by atoms with van der Waals surface area (Å²) in [5.74, 6) is 1.33. The van der Waals surface area contributed by atoms with Crippen LogP contribution in [0.2, 0.25) is 0 Å². The Morgan fingerprint density at radius 3 is 2.68 bits per heavy atom. The van der Waals surface area contributed by atoms with Gasteiger partial charge in [0.2, 0.25) is 0 Å². The van der Waals surface area contributed by atoms with E-state index < -0.39 is 0 Å². The minimum Gasteiger partial charge on any atom is -0.496 e. The Morgan fingerprint density at radius 2 is 2.05 bits per heavy atom. The first-order valence-electron chi connectivity index (χ1n) is 7.25. The summed E-state index contributed by atoms with van der Waals surface area (Å²) in [5, 5.41) is 3.32. The number of nitrogens with one attached hydrogen (secondary N) is 1. The highest BCUT2D eigenvalue weighted by Gasteiger charge is 2.21. The molecule has 0 heterocycles. The Labute approximate surface area is 115 Å².